The SMILES string of the molecule is Cc1nc(-c2cccc[n+]2[O-])sc1C. The van der Waals surface area contributed by atoms with Gasteiger partial charge in [0.1, 0.15) is 0 Å². The van der Waals surface area contributed by atoms with Crippen LogP contribution in [-0.4, -0.2) is 4.98 Å². The maximum absolute atomic E-state index is 11.4. The molecule has 0 amide bonds. The number of aromatic nitrogens is 2. The quantitative estimate of drug-likeness (QED) is 0.529. The Kier molecular flexibility index (Phi) is 2.21. The summed E-state index contributed by atoms with van der Waals surface area (Å²) in [4.78, 5) is 5.50. The van der Waals surface area contributed by atoms with Crippen LogP contribution in [0.5, 0.6) is 0 Å². The highest BCUT2D eigenvalue weighted by atomic mass is 32.1. The summed E-state index contributed by atoms with van der Waals surface area (Å²) in [6, 6.07) is 5.34. The molecule has 4 heteroatoms. The van der Waals surface area contributed by atoms with Crippen LogP contribution in [0.3, 0.4) is 0 Å². The molecule has 0 aliphatic heterocycles. The van der Waals surface area contributed by atoms with Gasteiger partial charge in [-0.05, 0) is 19.9 Å². The van der Waals surface area contributed by atoms with Crippen LogP contribution in [-0.2, 0) is 0 Å². The smallest absolute Gasteiger partial charge is 0.252 e. The van der Waals surface area contributed by atoms with Crippen LogP contribution in [0.15, 0.2) is 24.4 Å². The zero-order valence-corrected chi connectivity index (χ0v) is 8.84. The lowest BCUT2D eigenvalue weighted by atomic mass is 10.3. The minimum absolute atomic E-state index is 0.619. The fourth-order valence-electron chi connectivity index (χ4n) is 1.18. The second kappa shape index (κ2) is 3.38. The van der Waals surface area contributed by atoms with Crippen LogP contribution in [0.1, 0.15) is 10.6 Å². The second-order valence-electron chi connectivity index (χ2n) is 3.07. The normalized spacial score (nSPS) is 10.4. The molecule has 3 nitrogen and oxygen atoms in total. The molecule has 2 rings (SSSR count). The standard InChI is InChI=1S/C10H10N2OS/c1-7-8(2)14-10(11-7)9-5-3-4-6-12(9)13/h3-6H,1-2H3. The highest BCUT2D eigenvalue weighted by Gasteiger charge is 2.12. The maximum Gasteiger partial charge on any atom is 0.252 e. The van der Waals surface area contributed by atoms with E-state index in [1.165, 1.54) is 6.20 Å². The van der Waals surface area contributed by atoms with Crippen molar-refractivity contribution in [3.63, 3.8) is 0 Å². The van der Waals surface area contributed by atoms with E-state index in [1.807, 2.05) is 19.9 Å². The van der Waals surface area contributed by atoms with Crippen molar-refractivity contribution in [1.82, 2.24) is 4.98 Å². The van der Waals surface area contributed by atoms with Gasteiger partial charge in [-0.15, -0.1) is 11.3 Å². The Hall–Kier alpha value is -1.42. The van der Waals surface area contributed by atoms with Gasteiger partial charge in [0.05, 0.1) is 5.69 Å². The Labute approximate surface area is 86.3 Å². The summed E-state index contributed by atoms with van der Waals surface area (Å²) in [7, 11) is 0. The molecule has 0 bridgehead atoms. The zero-order chi connectivity index (χ0) is 10.1. The van der Waals surface area contributed by atoms with E-state index in [9.17, 15) is 5.21 Å². The van der Waals surface area contributed by atoms with Crippen molar-refractivity contribution < 1.29 is 4.73 Å². The van der Waals surface area contributed by atoms with Crippen molar-refractivity contribution in [3.8, 4) is 10.7 Å². The van der Waals surface area contributed by atoms with Crippen molar-refractivity contribution in [2.24, 2.45) is 0 Å². The fraction of sp³-hybridized carbons (Fsp3) is 0.200. The zero-order valence-electron chi connectivity index (χ0n) is 8.02. The van der Waals surface area contributed by atoms with Crippen molar-refractivity contribution >= 4 is 11.3 Å². The van der Waals surface area contributed by atoms with Crippen LogP contribution in [0.4, 0.5) is 0 Å². The van der Waals surface area contributed by atoms with E-state index >= 15 is 0 Å². The predicted molar refractivity (Wildman–Crippen MR) is 56.0 cm³/mol. The Morgan fingerprint density at radius 3 is 2.71 bits per heavy atom. The van der Waals surface area contributed by atoms with E-state index in [0.717, 1.165) is 20.3 Å². The average molecular weight is 206 g/mol. The van der Waals surface area contributed by atoms with Gasteiger partial charge in [-0.2, -0.15) is 4.73 Å². The van der Waals surface area contributed by atoms with Gasteiger partial charge in [0.2, 0.25) is 0 Å². The van der Waals surface area contributed by atoms with Gasteiger partial charge in [-0.25, -0.2) is 4.98 Å². The third kappa shape index (κ3) is 1.48. The molecule has 0 unspecified atom stereocenters. The second-order valence-corrected chi connectivity index (χ2v) is 4.28. The van der Waals surface area contributed by atoms with E-state index in [4.69, 9.17) is 0 Å². The fourth-order valence-corrected chi connectivity index (χ4v) is 2.10. The molecule has 0 atom stereocenters. The van der Waals surface area contributed by atoms with Gasteiger partial charge in [0.15, 0.2) is 11.2 Å². The Morgan fingerprint density at radius 1 is 1.36 bits per heavy atom. The maximum atomic E-state index is 11.4. The van der Waals surface area contributed by atoms with Crippen molar-refractivity contribution in [1.29, 1.82) is 0 Å². The van der Waals surface area contributed by atoms with Crippen molar-refractivity contribution in [3.05, 3.63) is 40.2 Å². The molecule has 0 saturated heterocycles. The van der Waals surface area contributed by atoms with Gasteiger partial charge in [0, 0.05) is 17.0 Å². The molecule has 72 valence electrons. The third-order valence-electron chi connectivity index (χ3n) is 2.07. The van der Waals surface area contributed by atoms with E-state index in [-0.39, 0.29) is 0 Å². The minimum atomic E-state index is 0.619. The highest BCUT2D eigenvalue weighted by Crippen LogP contribution is 2.24. The summed E-state index contributed by atoms with van der Waals surface area (Å²) < 4.78 is 0.845. The van der Waals surface area contributed by atoms with Crippen LogP contribution in [0.2, 0.25) is 0 Å². The predicted octanol–water partition coefficient (Wildman–Crippen LogP) is 2.06. The average Bonchev–Trinajstić information content (AvgIpc) is 2.48. The molecule has 0 radical (unpaired) electrons. The summed E-state index contributed by atoms with van der Waals surface area (Å²) in [5.41, 5.74) is 1.61. The van der Waals surface area contributed by atoms with E-state index in [0.29, 0.717) is 5.69 Å². The first-order chi connectivity index (χ1) is 6.68. The molecular formula is C10H10N2OS. The molecule has 0 fully saturated rings. The number of hydrogen-bond acceptors (Lipinski definition) is 3. The number of nitrogens with zero attached hydrogens (tertiary/aromatic N) is 2. The molecule has 0 aromatic carbocycles. The van der Waals surface area contributed by atoms with Gasteiger partial charge in [-0.3, -0.25) is 0 Å². The van der Waals surface area contributed by atoms with Gasteiger partial charge in [0.25, 0.3) is 5.69 Å². The highest BCUT2D eigenvalue weighted by molar-refractivity contribution is 7.15. The lowest BCUT2D eigenvalue weighted by Gasteiger charge is -1.99. The van der Waals surface area contributed by atoms with E-state index in [2.05, 4.69) is 4.98 Å². The summed E-state index contributed by atoms with van der Waals surface area (Å²) in [5, 5.41) is 12.2. The largest absolute Gasteiger partial charge is 0.618 e. The molecule has 0 N–H and O–H groups in total. The number of thiazole rings is 1. The van der Waals surface area contributed by atoms with E-state index < -0.39 is 0 Å². The number of hydrogen-bond donors (Lipinski definition) is 0. The van der Waals surface area contributed by atoms with Crippen LogP contribution in [0.25, 0.3) is 10.7 Å². The summed E-state index contributed by atoms with van der Waals surface area (Å²) in [5.74, 6) is 0. The minimum Gasteiger partial charge on any atom is -0.618 e. The molecular weight excluding hydrogens is 196 g/mol. The Bertz CT molecular complexity index is 445. The first-order valence-corrected chi connectivity index (χ1v) is 5.13. The molecule has 2 aromatic heterocycles. The summed E-state index contributed by atoms with van der Waals surface area (Å²) >= 11 is 1.55. The molecule has 2 aromatic rings. The molecule has 2 heterocycles. The summed E-state index contributed by atoms with van der Waals surface area (Å²) in [6.07, 6.45) is 1.49. The summed E-state index contributed by atoms with van der Waals surface area (Å²) in [6.45, 7) is 3.96. The first-order valence-electron chi connectivity index (χ1n) is 4.31. The van der Waals surface area contributed by atoms with Crippen molar-refractivity contribution in [2.45, 2.75) is 13.8 Å². The van der Waals surface area contributed by atoms with Crippen LogP contribution >= 0.6 is 11.3 Å². The first kappa shape index (κ1) is 9.15. The monoisotopic (exact) mass is 206 g/mol. The van der Waals surface area contributed by atoms with E-state index in [1.54, 1.807) is 23.5 Å². The van der Waals surface area contributed by atoms with Crippen molar-refractivity contribution in [2.75, 3.05) is 0 Å². The lowest BCUT2D eigenvalue weighted by molar-refractivity contribution is -0.593. The van der Waals surface area contributed by atoms with Crippen LogP contribution < -0.4 is 4.73 Å². The lowest BCUT2D eigenvalue weighted by Crippen LogP contribution is -2.27. The topological polar surface area (TPSA) is 39.8 Å². The third-order valence-corrected chi connectivity index (χ3v) is 3.17. The molecule has 0 saturated carbocycles. The van der Waals surface area contributed by atoms with Gasteiger partial charge < -0.3 is 5.21 Å². The molecule has 14 heavy (non-hydrogen) atoms. The van der Waals surface area contributed by atoms with Gasteiger partial charge >= 0.3 is 0 Å². The Morgan fingerprint density at radius 2 is 2.14 bits per heavy atom. The number of aryl methyl sites for hydroxylation is 2. The molecule has 0 spiro atoms. The number of pyridine rings is 1. The van der Waals surface area contributed by atoms with Gasteiger partial charge in [-0.1, -0.05) is 0 Å². The number of rotatable bonds is 1. The van der Waals surface area contributed by atoms with Crippen LogP contribution in [0, 0.1) is 19.1 Å². The molecule has 0 aliphatic carbocycles. The Balaban J connectivity index is 2.55. The molecule has 0 aliphatic rings.